The summed E-state index contributed by atoms with van der Waals surface area (Å²) in [6, 6.07) is 31.1. The third-order valence-electron chi connectivity index (χ3n) is 7.92. The van der Waals surface area contributed by atoms with Crippen molar-refractivity contribution in [2.75, 3.05) is 28.4 Å². The largest absolute Gasteiger partial charge is 0.497 e. The van der Waals surface area contributed by atoms with Crippen LogP contribution in [0.3, 0.4) is 0 Å². The molecule has 0 aliphatic carbocycles. The Balaban J connectivity index is 1.44. The van der Waals surface area contributed by atoms with Crippen LogP contribution in [0.2, 0.25) is 0 Å². The van der Waals surface area contributed by atoms with Gasteiger partial charge in [0.05, 0.1) is 24.7 Å². The molecule has 1 unspecified atom stereocenters. The number of methoxy groups -OCH3 is 1. The van der Waals surface area contributed by atoms with E-state index >= 15 is 0 Å². The molecule has 1 atom stereocenters. The van der Waals surface area contributed by atoms with E-state index in [1.165, 1.54) is 4.90 Å². The van der Waals surface area contributed by atoms with Gasteiger partial charge in [-0.15, -0.1) is 0 Å². The number of amides is 3. The van der Waals surface area contributed by atoms with E-state index in [9.17, 15) is 14.4 Å². The van der Waals surface area contributed by atoms with E-state index in [0.717, 1.165) is 10.9 Å². The summed E-state index contributed by atoms with van der Waals surface area (Å²) in [4.78, 5) is 47.9. The van der Waals surface area contributed by atoms with Crippen LogP contribution in [-0.4, -0.2) is 37.4 Å². The number of anilines is 4. The molecule has 8 nitrogen and oxygen atoms in total. The number of fused-ring (bicyclic) bond motifs is 2. The summed E-state index contributed by atoms with van der Waals surface area (Å²) in [6.07, 6.45) is 1.72. The van der Waals surface area contributed by atoms with E-state index in [1.807, 2.05) is 98.8 Å². The van der Waals surface area contributed by atoms with Crippen LogP contribution in [0.5, 0.6) is 5.75 Å². The number of hydrogen-bond acceptors (Lipinski definition) is 5. The number of hydrogen-bond donors (Lipinski definition) is 0. The Morgan fingerprint density at radius 3 is 2.20 bits per heavy atom. The molecular weight excluding hydrogens is 554 g/mol. The minimum atomic E-state index is -1.11. The third-order valence-corrected chi connectivity index (χ3v) is 7.92. The number of benzene rings is 4. The predicted molar refractivity (Wildman–Crippen MR) is 171 cm³/mol. The van der Waals surface area contributed by atoms with Gasteiger partial charge in [0.1, 0.15) is 23.8 Å². The van der Waals surface area contributed by atoms with Crippen molar-refractivity contribution in [2.45, 2.75) is 26.3 Å². The molecule has 0 saturated heterocycles. The average molecular weight is 588 g/mol. The number of furan rings is 1. The maximum atomic E-state index is 14.6. The Bertz CT molecular complexity index is 1810. The molecule has 8 heteroatoms. The lowest BCUT2D eigenvalue weighted by Crippen LogP contribution is -2.48. The molecule has 6 rings (SSSR count). The van der Waals surface area contributed by atoms with Crippen molar-refractivity contribution in [3.05, 3.63) is 115 Å². The molecule has 0 bridgehead atoms. The highest BCUT2D eigenvalue weighted by Crippen LogP contribution is 2.40. The smallest absolute Gasteiger partial charge is 0.247 e. The first-order valence-corrected chi connectivity index (χ1v) is 14.6. The number of para-hydroxylation sites is 4. The lowest BCUT2D eigenvalue weighted by molar-refractivity contribution is -0.132. The first kappa shape index (κ1) is 28.7. The highest BCUT2D eigenvalue weighted by molar-refractivity contribution is 6.21. The van der Waals surface area contributed by atoms with Crippen molar-refractivity contribution in [2.24, 2.45) is 5.92 Å². The number of ether oxygens (including phenoxy) is 1. The lowest BCUT2D eigenvalue weighted by atomic mass is 9.96. The Hall–Kier alpha value is -5.37. The van der Waals surface area contributed by atoms with Gasteiger partial charge in [0.2, 0.25) is 17.7 Å². The van der Waals surface area contributed by atoms with Crippen LogP contribution in [0.25, 0.3) is 11.0 Å². The van der Waals surface area contributed by atoms with Crippen LogP contribution in [-0.2, 0) is 20.8 Å². The van der Waals surface area contributed by atoms with Gasteiger partial charge in [-0.3, -0.25) is 19.3 Å². The van der Waals surface area contributed by atoms with Crippen LogP contribution in [0.4, 0.5) is 22.7 Å². The van der Waals surface area contributed by atoms with E-state index in [0.29, 0.717) is 34.1 Å². The van der Waals surface area contributed by atoms with Gasteiger partial charge in [-0.2, -0.15) is 0 Å². The maximum Gasteiger partial charge on any atom is 0.247 e. The molecule has 5 aromatic rings. The molecular formula is C36H33N3O5. The quantitative estimate of drug-likeness (QED) is 0.188. The van der Waals surface area contributed by atoms with Gasteiger partial charge in [-0.05, 0) is 80.4 Å². The Morgan fingerprint density at radius 2 is 1.50 bits per heavy atom. The van der Waals surface area contributed by atoms with Gasteiger partial charge >= 0.3 is 0 Å². The molecule has 2 heterocycles. The third kappa shape index (κ3) is 5.30. The fourth-order valence-electron chi connectivity index (χ4n) is 5.84. The molecule has 1 aliphatic rings. The SMILES string of the molecule is COc1ccc(N(C(=O)CN2C(=O)C(Cc3coc4ccccc34)C(=O)N(c3ccccc3)c3ccccc32)C(C)C)cc1. The van der Waals surface area contributed by atoms with E-state index in [4.69, 9.17) is 9.15 Å². The first-order chi connectivity index (χ1) is 21.4. The normalized spacial score (nSPS) is 15.0. The van der Waals surface area contributed by atoms with E-state index < -0.39 is 11.8 Å². The highest BCUT2D eigenvalue weighted by Gasteiger charge is 2.42. The number of carbonyl (C=O) groups is 3. The van der Waals surface area contributed by atoms with Crippen LogP contribution < -0.4 is 19.4 Å². The molecule has 0 radical (unpaired) electrons. The summed E-state index contributed by atoms with van der Waals surface area (Å²) in [5.74, 6) is -1.52. The monoisotopic (exact) mass is 587 g/mol. The fraction of sp³-hybridized carbons (Fsp3) is 0.194. The van der Waals surface area contributed by atoms with E-state index in [1.54, 1.807) is 41.4 Å². The predicted octanol–water partition coefficient (Wildman–Crippen LogP) is 6.75. The molecule has 1 aliphatic heterocycles. The zero-order chi connectivity index (χ0) is 30.8. The first-order valence-electron chi connectivity index (χ1n) is 14.6. The van der Waals surface area contributed by atoms with Gasteiger partial charge in [-0.1, -0.05) is 48.5 Å². The summed E-state index contributed by atoms with van der Waals surface area (Å²) < 4.78 is 11.1. The van der Waals surface area contributed by atoms with Crippen LogP contribution >= 0.6 is 0 Å². The summed E-state index contributed by atoms with van der Waals surface area (Å²) in [6.45, 7) is 3.60. The second-order valence-electron chi connectivity index (χ2n) is 11.0. The van der Waals surface area contributed by atoms with Gasteiger partial charge in [0.15, 0.2) is 0 Å². The van der Waals surface area contributed by atoms with Crippen molar-refractivity contribution >= 4 is 51.4 Å². The number of nitrogens with zero attached hydrogens (tertiary/aromatic N) is 3. The minimum absolute atomic E-state index is 0.114. The number of rotatable bonds is 8. The molecule has 0 spiro atoms. The second-order valence-corrected chi connectivity index (χ2v) is 11.0. The Morgan fingerprint density at radius 1 is 0.841 bits per heavy atom. The maximum absolute atomic E-state index is 14.6. The van der Waals surface area contributed by atoms with Crippen molar-refractivity contribution < 1.29 is 23.5 Å². The zero-order valence-corrected chi connectivity index (χ0v) is 24.8. The van der Waals surface area contributed by atoms with Crippen LogP contribution in [0, 0.1) is 5.92 Å². The molecule has 0 fully saturated rings. The molecule has 0 saturated carbocycles. The van der Waals surface area contributed by atoms with E-state index in [-0.39, 0.29) is 30.8 Å². The van der Waals surface area contributed by atoms with Crippen LogP contribution in [0.1, 0.15) is 19.4 Å². The Kier molecular flexibility index (Phi) is 7.89. The van der Waals surface area contributed by atoms with Gasteiger partial charge in [0.25, 0.3) is 0 Å². The summed E-state index contributed by atoms with van der Waals surface area (Å²) >= 11 is 0. The van der Waals surface area contributed by atoms with Gasteiger partial charge < -0.3 is 19.0 Å². The zero-order valence-electron chi connectivity index (χ0n) is 24.8. The van der Waals surface area contributed by atoms with Gasteiger partial charge in [0, 0.05) is 22.8 Å². The standard InChI is InChI=1S/C36H33N3O5/c1-24(2)38(27-17-19-28(43-3)20-18-27)34(40)22-37-31-14-8-9-15-32(31)39(26-11-5-4-6-12-26)36(42)30(35(37)41)21-25-23-44-33-16-10-7-13-29(25)33/h4-20,23-24,30H,21-22H2,1-3H3. The molecule has 0 N–H and O–H groups in total. The Labute approximate surface area is 256 Å². The van der Waals surface area contributed by atoms with E-state index in [2.05, 4.69) is 0 Å². The summed E-state index contributed by atoms with van der Waals surface area (Å²) in [5, 5.41) is 0.842. The molecule has 1 aromatic heterocycles. The minimum Gasteiger partial charge on any atom is -0.497 e. The fourth-order valence-corrected chi connectivity index (χ4v) is 5.84. The molecule has 222 valence electrons. The number of carbonyl (C=O) groups excluding carboxylic acids is 3. The lowest BCUT2D eigenvalue weighted by Gasteiger charge is -2.31. The van der Waals surface area contributed by atoms with Crippen molar-refractivity contribution in [3.8, 4) is 5.75 Å². The van der Waals surface area contributed by atoms with Crippen molar-refractivity contribution in [1.82, 2.24) is 0 Å². The summed E-state index contributed by atoms with van der Waals surface area (Å²) in [7, 11) is 1.59. The highest BCUT2D eigenvalue weighted by atomic mass is 16.5. The molecule has 44 heavy (non-hydrogen) atoms. The van der Waals surface area contributed by atoms with Crippen molar-refractivity contribution in [1.29, 1.82) is 0 Å². The average Bonchev–Trinajstić information content (AvgIpc) is 3.43. The molecule has 4 aromatic carbocycles. The summed E-state index contributed by atoms with van der Waals surface area (Å²) in [5.41, 5.74) is 3.77. The second kappa shape index (κ2) is 12.1. The topological polar surface area (TPSA) is 83.3 Å². The van der Waals surface area contributed by atoms with Gasteiger partial charge in [-0.25, -0.2) is 0 Å². The molecule has 3 amide bonds. The van der Waals surface area contributed by atoms with Crippen LogP contribution in [0.15, 0.2) is 114 Å². The van der Waals surface area contributed by atoms with Crippen molar-refractivity contribution in [3.63, 3.8) is 0 Å².